The normalized spacial score (nSPS) is 26.2. The van der Waals surface area contributed by atoms with E-state index < -0.39 is 0 Å². The van der Waals surface area contributed by atoms with Gasteiger partial charge in [-0.1, -0.05) is 6.92 Å². The second-order valence-electron chi connectivity index (χ2n) is 5.72. The summed E-state index contributed by atoms with van der Waals surface area (Å²) in [5, 5.41) is 3.61. The number of piperazine rings is 1. The van der Waals surface area contributed by atoms with Crippen LogP contribution in [0.2, 0.25) is 0 Å². The molecule has 3 nitrogen and oxygen atoms in total. The molecule has 0 spiro atoms. The molecule has 1 aliphatic heterocycles. The molecule has 0 radical (unpaired) electrons. The van der Waals surface area contributed by atoms with Gasteiger partial charge in [0.25, 0.3) is 0 Å². The van der Waals surface area contributed by atoms with Gasteiger partial charge in [-0.25, -0.2) is 0 Å². The Bertz CT molecular complexity index is 204. The molecule has 1 saturated heterocycles. The first kappa shape index (κ1) is 13.9. The summed E-state index contributed by atoms with van der Waals surface area (Å²) < 4.78 is 5.64. The second-order valence-corrected chi connectivity index (χ2v) is 5.72. The summed E-state index contributed by atoms with van der Waals surface area (Å²) in [6.07, 6.45) is 1.56. The maximum atomic E-state index is 5.64. The van der Waals surface area contributed by atoms with Gasteiger partial charge in [0.2, 0.25) is 0 Å². The van der Waals surface area contributed by atoms with E-state index in [-0.39, 0.29) is 5.54 Å². The van der Waals surface area contributed by atoms with Gasteiger partial charge in [-0.2, -0.15) is 0 Å². The zero-order chi connectivity index (χ0) is 12.2. The third-order valence-corrected chi connectivity index (χ3v) is 3.23. The van der Waals surface area contributed by atoms with Crippen molar-refractivity contribution in [2.75, 3.05) is 26.2 Å². The van der Waals surface area contributed by atoms with Crippen molar-refractivity contribution >= 4 is 0 Å². The van der Waals surface area contributed by atoms with Crippen molar-refractivity contribution in [1.82, 2.24) is 10.2 Å². The fourth-order valence-corrected chi connectivity index (χ4v) is 2.29. The quantitative estimate of drug-likeness (QED) is 0.777. The minimum Gasteiger partial charge on any atom is -0.377 e. The molecule has 0 amide bonds. The molecule has 96 valence electrons. The lowest BCUT2D eigenvalue weighted by molar-refractivity contribution is 0.0259. The van der Waals surface area contributed by atoms with Gasteiger partial charge in [-0.05, 0) is 34.1 Å². The molecule has 0 saturated carbocycles. The molecular weight excluding hydrogens is 200 g/mol. The molecule has 0 aromatic heterocycles. The Morgan fingerprint density at radius 2 is 2.12 bits per heavy atom. The summed E-state index contributed by atoms with van der Waals surface area (Å²) in [6.45, 7) is 15.1. The molecule has 3 heteroatoms. The number of nitrogens with one attached hydrogen (secondary N) is 1. The van der Waals surface area contributed by atoms with Gasteiger partial charge in [0.15, 0.2) is 0 Å². The van der Waals surface area contributed by atoms with E-state index in [2.05, 4.69) is 44.8 Å². The monoisotopic (exact) mass is 228 g/mol. The lowest BCUT2D eigenvalue weighted by Crippen LogP contribution is -2.61. The van der Waals surface area contributed by atoms with E-state index in [0.717, 1.165) is 26.2 Å². The fraction of sp³-hybridized carbons (Fsp3) is 1.00. The minimum absolute atomic E-state index is 0.240. The lowest BCUT2D eigenvalue weighted by atomic mass is 9.98. The van der Waals surface area contributed by atoms with Crippen molar-refractivity contribution < 1.29 is 4.74 Å². The molecule has 16 heavy (non-hydrogen) atoms. The number of nitrogens with zero attached hydrogens (tertiary/aromatic N) is 1. The summed E-state index contributed by atoms with van der Waals surface area (Å²) in [4.78, 5) is 2.57. The third kappa shape index (κ3) is 4.40. The Morgan fingerprint density at radius 3 is 2.69 bits per heavy atom. The van der Waals surface area contributed by atoms with E-state index in [1.54, 1.807) is 0 Å². The molecule has 0 bridgehead atoms. The number of ether oxygens (including phenoxy) is 1. The molecule has 1 aliphatic rings. The Hall–Kier alpha value is -0.120. The maximum absolute atomic E-state index is 5.64. The van der Waals surface area contributed by atoms with E-state index in [1.807, 2.05) is 0 Å². The number of hydrogen-bond acceptors (Lipinski definition) is 3. The molecule has 1 rings (SSSR count). The Labute approximate surface area is 101 Å². The van der Waals surface area contributed by atoms with Gasteiger partial charge < -0.3 is 10.1 Å². The summed E-state index contributed by atoms with van der Waals surface area (Å²) in [5.74, 6) is 0. The van der Waals surface area contributed by atoms with Crippen molar-refractivity contribution in [3.8, 4) is 0 Å². The average Bonchev–Trinajstić information content (AvgIpc) is 2.16. The summed E-state index contributed by atoms with van der Waals surface area (Å²) in [5.41, 5.74) is 0.240. The van der Waals surface area contributed by atoms with Crippen LogP contribution in [-0.2, 0) is 4.74 Å². The molecule has 1 fully saturated rings. The van der Waals surface area contributed by atoms with Crippen LogP contribution in [0.15, 0.2) is 0 Å². The van der Waals surface area contributed by atoms with Gasteiger partial charge in [0, 0.05) is 31.2 Å². The Balaban J connectivity index is 2.39. The van der Waals surface area contributed by atoms with E-state index >= 15 is 0 Å². The zero-order valence-corrected chi connectivity index (χ0v) is 11.5. The number of hydrogen-bond donors (Lipinski definition) is 1. The van der Waals surface area contributed by atoms with E-state index in [0.29, 0.717) is 12.1 Å². The smallest absolute Gasteiger partial charge is 0.0597 e. The molecule has 0 aliphatic carbocycles. The molecule has 1 heterocycles. The summed E-state index contributed by atoms with van der Waals surface area (Å²) >= 11 is 0. The number of rotatable bonds is 5. The molecule has 1 unspecified atom stereocenters. The fourth-order valence-electron chi connectivity index (χ4n) is 2.29. The first-order valence-electron chi connectivity index (χ1n) is 6.55. The van der Waals surface area contributed by atoms with Crippen LogP contribution in [0.25, 0.3) is 0 Å². The van der Waals surface area contributed by atoms with Crippen molar-refractivity contribution in [2.45, 2.75) is 58.7 Å². The van der Waals surface area contributed by atoms with Crippen LogP contribution < -0.4 is 5.32 Å². The predicted molar refractivity (Wildman–Crippen MR) is 68.8 cm³/mol. The average molecular weight is 228 g/mol. The summed E-state index contributed by atoms with van der Waals surface area (Å²) in [7, 11) is 0. The zero-order valence-electron chi connectivity index (χ0n) is 11.5. The van der Waals surface area contributed by atoms with Gasteiger partial charge in [-0.15, -0.1) is 0 Å². The van der Waals surface area contributed by atoms with Crippen LogP contribution in [0, 0.1) is 0 Å². The highest BCUT2D eigenvalue weighted by atomic mass is 16.5. The van der Waals surface area contributed by atoms with Gasteiger partial charge in [0.1, 0.15) is 0 Å². The second kappa shape index (κ2) is 5.99. The van der Waals surface area contributed by atoms with Crippen LogP contribution >= 0.6 is 0 Å². The molecule has 1 N–H and O–H groups in total. The predicted octanol–water partition coefficient (Wildman–Crippen LogP) is 1.87. The molecule has 0 aromatic rings. The Morgan fingerprint density at radius 1 is 1.44 bits per heavy atom. The van der Waals surface area contributed by atoms with Crippen LogP contribution in [-0.4, -0.2) is 48.8 Å². The van der Waals surface area contributed by atoms with E-state index in [9.17, 15) is 0 Å². The molecule has 1 atom stereocenters. The van der Waals surface area contributed by atoms with E-state index in [1.165, 1.54) is 6.42 Å². The van der Waals surface area contributed by atoms with Crippen LogP contribution in [0.5, 0.6) is 0 Å². The lowest BCUT2D eigenvalue weighted by Gasteiger charge is -2.44. The third-order valence-electron chi connectivity index (χ3n) is 3.23. The largest absolute Gasteiger partial charge is 0.377 e. The highest BCUT2D eigenvalue weighted by Gasteiger charge is 2.31. The van der Waals surface area contributed by atoms with Crippen molar-refractivity contribution in [1.29, 1.82) is 0 Å². The Kier molecular flexibility index (Phi) is 5.22. The van der Waals surface area contributed by atoms with Crippen molar-refractivity contribution in [2.24, 2.45) is 0 Å². The maximum Gasteiger partial charge on any atom is 0.0597 e. The van der Waals surface area contributed by atoms with Crippen molar-refractivity contribution in [3.63, 3.8) is 0 Å². The highest BCUT2D eigenvalue weighted by Crippen LogP contribution is 2.16. The van der Waals surface area contributed by atoms with Gasteiger partial charge in [-0.3, -0.25) is 4.90 Å². The highest BCUT2D eigenvalue weighted by molar-refractivity contribution is 4.91. The van der Waals surface area contributed by atoms with Crippen LogP contribution in [0.3, 0.4) is 0 Å². The van der Waals surface area contributed by atoms with E-state index in [4.69, 9.17) is 4.74 Å². The molecular formula is C13H28N2O. The summed E-state index contributed by atoms with van der Waals surface area (Å²) in [6, 6.07) is 0.670. The first-order chi connectivity index (χ1) is 7.44. The molecule has 0 aromatic carbocycles. The van der Waals surface area contributed by atoms with Gasteiger partial charge in [0.05, 0.1) is 12.7 Å². The standard InChI is InChI=1S/C13H28N2O/c1-6-12-9-14-13(4,5)10-15(12)7-8-16-11(2)3/h11-12,14H,6-10H2,1-5H3. The van der Waals surface area contributed by atoms with Crippen LogP contribution in [0.4, 0.5) is 0 Å². The minimum atomic E-state index is 0.240. The SMILES string of the molecule is CCC1CNC(C)(C)CN1CCOC(C)C. The van der Waals surface area contributed by atoms with Gasteiger partial charge >= 0.3 is 0 Å². The first-order valence-corrected chi connectivity index (χ1v) is 6.55. The topological polar surface area (TPSA) is 24.5 Å². The van der Waals surface area contributed by atoms with Crippen LogP contribution in [0.1, 0.15) is 41.0 Å². The van der Waals surface area contributed by atoms with Crippen molar-refractivity contribution in [3.05, 3.63) is 0 Å².